The molecule has 1 saturated heterocycles. The van der Waals surface area contributed by atoms with Crippen LogP contribution in [0.1, 0.15) is 12.2 Å². The van der Waals surface area contributed by atoms with Crippen molar-refractivity contribution < 1.29 is 9.47 Å². The van der Waals surface area contributed by atoms with E-state index in [0.29, 0.717) is 30.2 Å². The largest absolute Gasteiger partial charge is 0.332 e. The Labute approximate surface area is 107 Å². The fraction of sp³-hybridized carbons (Fsp3) is 0.545. The first-order chi connectivity index (χ1) is 9.02. The Balaban J connectivity index is 2.44. The maximum atomic E-state index is 12.3. The fourth-order valence-corrected chi connectivity index (χ4v) is 2.28. The van der Waals surface area contributed by atoms with Gasteiger partial charge < -0.3 is 9.47 Å². The summed E-state index contributed by atoms with van der Waals surface area (Å²) >= 11 is 0. The third-order valence-corrected chi connectivity index (χ3v) is 3.28. The molecule has 0 aromatic carbocycles. The van der Waals surface area contributed by atoms with E-state index in [1.54, 1.807) is 18.5 Å². The van der Waals surface area contributed by atoms with Crippen LogP contribution < -0.4 is 11.2 Å². The summed E-state index contributed by atoms with van der Waals surface area (Å²) in [6.45, 7) is 2.68. The predicted octanol–water partition coefficient (Wildman–Crippen LogP) is -0.755. The van der Waals surface area contributed by atoms with Crippen LogP contribution in [-0.4, -0.2) is 31.9 Å². The van der Waals surface area contributed by atoms with Crippen molar-refractivity contribution in [3.05, 3.63) is 26.7 Å². The van der Waals surface area contributed by atoms with Crippen LogP contribution in [0.15, 0.2) is 9.59 Å². The molecule has 2 aromatic heterocycles. The zero-order chi connectivity index (χ0) is 13.7. The summed E-state index contributed by atoms with van der Waals surface area (Å²) in [5.41, 5.74) is -0.160. The lowest BCUT2D eigenvalue weighted by molar-refractivity contribution is -0.0994. The summed E-state index contributed by atoms with van der Waals surface area (Å²) in [6.07, 6.45) is -0.657. The van der Waals surface area contributed by atoms with Gasteiger partial charge in [0.2, 0.25) is 6.41 Å². The van der Waals surface area contributed by atoms with E-state index in [4.69, 9.17) is 9.47 Å². The molecule has 8 nitrogen and oxygen atoms in total. The highest BCUT2D eigenvalue weighted by atomic mass is 16.7. The third-order valence-electron chi connectivity index (χ3n) is 3.28. The van der Waals surface area contributed by atoms with Crippen molar-refractivity contribution in [2.45, 2.75) is 13.3 Å². The zero-order valence-corrected chi connectivity index (χ0v) is 10.9. The molecular weight excluding hydrogens is 252 g/mol. The van der Waals surface area contributed by atoms with Gasteiger partial charge in [0.25, 0.3) is 5.56 Å². The highest BCUT2D eigenvalue weighted by Gasteiger charge is 2.26. The molecule has 102 valence electrons. The molecular formula is C11H14N4O4. The minimum atomic E-state index is -0.657. The molecule has 0 saturated carbocycles. The Kier molecular flexibility index (Phi) is 2.58. The van der Waals surface area contributed by atoms with Crippen LogP contribution in [0.5, 0.6) is 0 Å². The summed E-state index contributed by atoms with van der Waals surface area (Å²) in [5.74, 6) is 0.570. The van der Waals surface area contributed by atoms with Gasteiger partial charge in [-0.2, -0.15) is 0 Å². The zero-order valence-electron chi connectivity index (χ0n) is 10.9. The van der Waals surface area contributed by atoms with Crippen molar-refractivity contribution in [2.24, 2.45) is 14.1 Å². The van der Waals surface area contributed by atoms with Crippen LogP contribution in [0.4, 0.5) is 0 Å². The second kappa shape index (κ2) is 4.04. The van der Waals surface area contributed by atoms with Crippen LogP contribution in [0.2, 0.25) is 0 Å². The van der Waals surface area contributed by atoms with E-state index in [2.05, 4.69) is 4.98 Å². The molecule has 1 fully saturated rings. The van der Waals surface area contributed by atoms with Crippen LogP contribution in [0.3, 0.4) is 0 Å². The molecule has 0 N–H and O–H groups in total. The molecule has 1 aliphatic rings. The van der Waals surface area contributed by atoms with Gasteiger partial charge in [0.15, 0.2) is 11.2 Å². The van der Waals surface area contributed by atoms with E-state index in [1.807, 2.05) is 0 Å². The minimum Gasteiger partial charge on any atom is -0.332 e. The number of aromatic nitrogens is 4. The van der Waals surface area contributed by atoms with Gasteiger partial charge in [0.1, 0.15) is 5.82 Å². The number of nitrogens with zero attached hydrogens (tertiary/aromatic N) is 4. The van der Waals surface area contributed by atoms with Crippen molar-refractivity contribution in [3.63, 3.8) is 0 Å². The SMILES string of the molecule is Cc1nc2c(c(=O)n(C)c(=O)n2C)n1C1OCCO1. The second-order valence-electron chi connectivity index (χ2n) is 4.46. The van der Waals surface area contributed by atoms with Crippen molar-refractivity contribution in [2.75, 3.05) is 13.2 Å². The number of hydrogen-bond donors (Lipinski definition) is 0. The Morgan fingerprint density at radius 3 is 2.42 bits per heavy atom. The Bertz CT molecular complexity index is 764. The molecule has 0 atom stereocenters. The Hall–Kier alpha value is -1.93. The standard InChI is InChI=1S/C11H14N4O4/c1-6-12-8-7(15(6)11-18-4-5-19-11)9(16)14(3)10(17)13(8)2/h11H,4-5H2,1-3H3. The first kappa shape index (κ1) is 12.1. The van der Waals surface area contributed by atoms with Gasteiger partial charge in [-0.3, -0.25) is 18.5 Å². The average molecular weight is 266 g/mol. The molecule has 0 radical (unpaired) electrons. The van der Waals surface area contributed by atoms with E-state index in [9.17, 15) is 9.59 Å². The second-order valence-corrected chi connectivity index (χ2v) is 4.46. The quantitative estimate of drug-likeness (QED) is 0.678. The monoisotopic (exact) mass is 266 g/mol. The van der Waals surface area contributed by atoms with Gasteiger partial charge in [0.05, 0.1) is 13.2 Å². The van der Waals surface area contributed by atoms with Crippen molar-refractivity contribution in [1.82, 2.24) is 18.7 Å². The number of aryl methyl sites for hydroxylation is 2. The molecule has 0 amide bonds. The third kappa shape index (κ3) is 1.57. The Morgan fingerprint density at radius 2 is 1.79 bits per heavy atom. The van der Waals surface area contributed by atoms with Crippen LogP contribution in [0.25, 0.3) is 11.2 Å². The topological polar surface area (TPSA) is 80.3 Å². The molecule has 19 heavy (non-hydrogen) atoms. The highest BCUT2D eigenvalue weighted by Crippen LogP contribution is 2.22. The Morgan fingerprint density at radius 1 is 1.16 bits per heavy atom. The molecule has 0 bridgehead atoms. The molecule has 0 aliphatic carbocycles. The molecule has 3 rings (SSSR count). The van der Waals surface area contributed by atoms with Crippen molar-refractivity contribution >= 4 is 11.2 Å². The molecule has 0 spiro atoms. The van der Waals surface area contributed by atoms with Gasteiger partial charge in [-0.05, 0) is 6.92 Å². The highest BCUT2D eigenvalue weighted by molar-refractivity contribution is 5.71. The molecule has 1 aliphatic heterocycles. The average Bonchev–Trinajstić information content (AvgIpc) is 3.00. The van der Waals surface area contributed by atoms with Crippen molar-refractivity contribution in [1.29, 1.82) is 0 Å². The van der Waals surface area contributed by atoms with Gasteiger partial charge >= 0.3 is 5.69 Å². The van der Waals surface area contributed by atoms with Gasteiger partial charge in [-0.15, -0.1) is 0 Å². The molecule has 0 unspecified atom stereocenters. The molecule has 3 heterocycles. The van der Waals surface area contributed by atoms with E-state index in [1.165, 1.54) is 11.6 Å². The summed E-state index contributed by atoms with van der Waals surface area (Å²) in [4.78, 5) is 28.4. The van der Waals surface area contributed by atoms with Crippen LogP contribution in [0, 0.1) is 6.92 Å². The normalized spacial score (nSPS) is 16.6. The molecule has 8 heteroatoms. The van der Waals surface area contributed by atoms with Gasteiger partial charge in [0, 0.05) is 14.1 Å². The lowest BCUT2D eigenvalue weighted by Gasteiger charge is -2.13. The van der Waals surface area contributed by atoms with E-state index < -0.39 is 17.7 Å². The molecule has 2 aromatic rings. The first-order valence-electron chi connectivity index (χ1n) is 5.90. The maximum Gasteiger partial charge on any atom is 0.332 e. The summed E-state index contributed by atoms with van der Waals surface area (Å²) in [7, 11) is 3.02. The summed E-state index contributed by atoms with van der Waals surface area (Å²) in [6, 6.07) is 0. The number of rotatable bonds is 1. The summed E-state index contributed by atoms with van der Waals surface area (Å²) < 4.78 is 14.8. The summed E-state index contributed by atoms with van der Waals surface area (Å²) in [5, 5.41) is 0. The minimum absolute atomic E-state index is 0.314. The van der Waals surface area contributed by atoms with Gasteiger partial charge in [-0.1, -0.05) is 0 Å². The number of imidazole rings is 1. The lowest BCUT2D eigenvalue weighted by atomic mass is 10.5. The number of fused-ring (bicyclic) bond motifs is 1. The maximum absolute atomic E-state index is 12.3. The first-order valence-corrected chi connectivity index (χ1v) is 5.90. The van der Waals surface area contributed by atoms with E-state index in [0.717, 1.165) is 4.57 Å². The van der Waals surface area contributed by atoms with Crippen LogP contribution in [-0.2, 0) is 23.6 Å². The van der Waals surface area contributed by atoms with Crippen molar-refractivity contribution in [3.8, 4) is 0 Å². The lowest BCUT2D eigenvalue weighted by Crippen LogP contribution is -2.37. The van der Waals surface area contributed by atoms with E-state index >= 15 is 0 Å². The van der Waals surface area contributed by atoms with Crippen LogP contribution >= 0.6 is 0 Å². The van der Waals surface area contributed by atoms with E-state index in [-0.39, 0.29) is 0 Å². The smallest absolute Gasteiger partial charge is 0.332 e. The number of hydrogen-bond acceptors (Lipinski definition) is 5. The predicted molar refractivity (Wildman–Crippen MR) is 65.9 cm³/mol. The fourth-order valence-electron chi connectivity index (χ4n) is 2.28. The number of ether oxygens (including phenoxy) is 2. The van der Waals surface area contributed by atoms with Gasteiger partial charge in [-0.25, -0.2) is 9.78 Å².